The maximum absolute atomic E-state index is 11.7. The normalized spacial score (nSPS) is 11.0. The zero-order valence-corrected chi connectivity index (χ0v) is 13.7. The summed E-state index contributed by atoms with van der Waals surface area (Å²) >= 11 is 4.84. The van der Waals surface area contributed by atoms with Gasteiger partial charge in [0.1, 0.15) is 5.75 Å². The molecule has 124 valence electrons. The zero-order valence-electron chi connectivity index (χ0n) is 12.9. The number of hydrogen-bond donors (Lipinski definition) is 3. The molecule has 0 saturated carbocycles. The Balaban J connectivity index is 1.89. The van der Waals surface area contributed by atoms with Crippen molar-refractivity contribution >= 4 is 30.4 Å². The second-order valence-electron chi connectivity index (χ2n) is 4.70. The molecular formula is C16H16N4O3S. The molecular weight excluding hydrogens is 328 g/mol. The van der Waals surface area contributed by atoms with Gasteiger partial charge in [-0.15, -0.1) is 0 Å². The Hall–Kier alpha value is -3.00. The summed E-state index contributed by atoms with van der Waals surface area (Å²) < 4.78 is 5.40. The molecule has 1 aromatic heterocycles. The molecule has 0 atom stereocenters. The van der Waals surface area contributed by atoms with E-state index in [0.717, 1.165) is 11.3 Å². The molecule has 2 rings (SSSR count). The molecule has 3 N–H and O–H groups in total. The first-order valence-corrected chi connectivity index (χ1v) is 7.43. The molecule has 0 saturated heterocycles. The largest absolute Gasteiger partial charge is 0.496 e. The number of nitrogens with one attached hydrogen (secondary N) is 3. The molecule has 7 nitrogen and oxygen atoms in total. The monoisotopic (exact) mass is 344 g/mol. The lowest BCUT2D eigenvalue weighted by Gasteiger charge is -2.02. The fourth-order valence-electron chi connectivity index (χ4n) is 1.93. The van der Waals surface area contributed by atoms with Gasteiger partial charge in [-0.05, 0) is 30.4 Å². The molecule has 0 spiro atoms. The van der Waals surface area contributed by atoms with Crippen molar-refractivity contribution in [1.82, 2.24) is 15.4 Å². The number of aromatic amines is 2. The number of ether oxygens (including phenoxy) is 1. The third-order valence-electron chi connectivity index (χ3n) is 2.93. The van der Waals surface area contributed by atoms with Gasteiger partial charge in [0.05, 0.1) is 13.5 Å². The van der Waals surface area contributed by atoms with E-state index in [4.69, 9.17) is 17.0 Å². The van der Waals surface area contributed by atoms with E-state index in [1.54, 1.807) is 13.2 Å². The Kier molecular flexibility index (Phi) is 6.21. The molecule has 0 aliphatic rings. The van der Waals surface area contributed by atoms with Crippen LogP contribution >= 0.6 is 12.2 Å². The minimum Gasteiger partial charge on any atom is -0.496 e. The fraction of sp³-hybridized carbons (Fsp3) is 0.125. The lowest BCUT2D eigenvalue weighted by atomic mass is 10.2. The van der Waals surface area contributed by atoms with Crippen LogP contribution in [-0.4, -0.2) is 29.2 Å². The van der Waals surface area contributed by atoms with E-state index in [9.17, 15) is 9.59 Å². The van der Waals surface area contributed by atoms with Crippen molar-refractivity contribution in [2.24, 2.45) is 5.10 Å². The van der Waals surface area contributed by atoms with Crippen molar-refractivity contribution in [2.45, 2.75) is 6.42 Å². The van der Waals surface area contributed by atoms with E-state index < -0.39 is 0 Å². The van der Waals surface area contributed by atoms with Crippen LogP contribution in [0.4, 0.5) is 0 Å². The van der Waals surface area contributed by atoms with Crippen molar-refractivity contribution < 1.29 is 9.53 Å². The average Bonchev–Trinajstić information content (AvgIpc) is 2.54. The van der Waals surface area contributed by atoms with E-state index in [1.165, 1.54) is 12.3 Å². The van der Waals surface area contributed by atoms with Gasteiger partial charge in [0.15, 0.2) is 4.77 Å². The predicted octanol–water partition coefficient (Wildman–Crippen LogP) is 1.80. The van der Waals surface area contributed by atoms with Crippen molar-refractivity contribution in [2.75, 3.05) is 7.11 Å². The average molecular weight is 344 g/mol. The molecule has 0 aliphatic heterocycles. The highest BCUT2D eigenvalue weighted by molar-refractivity contribution is 7.71. The van der Waals surface area contributed by atoms with Crippen LogP contribution in [0.25, 0.3) is 6.08 Å². The second kappa shape index (κ2) is 8.59. The Bertz CT molecular complexity index is 855. The van der Waals surface area contributed by atoms with Gasteiger partial charge in [-0.3, -0.25) is 14.6 Å². The first kappa shape index (κ1) is 17.4. The highest BCUT2D eigenvalue weighted by Crippen LogP contribution is 2.18. The van der Waals surface area contributed by atoms with Crippen LogP contribution in [-0.2, 0) is 11.2 Å². The molecule has 2 aromatic rings. The number of hydrazone groups is 1. The van der Waals surface area contributed by atoms with Gasteiger partial charge < -0.3 is 9.72 Å². The van der Waals surface area contributed by atoms with Gasteiger partial charge in [-0.1, -0.05) is 18.2 Å². The SMILES string of the molecule is COc1ccccc1/C=C/C=N\NC(=O)Cc1cc(=O)[nH]c(=S)[nH]1. The van der Waals surface area contributed by atoms with Crippen molar-refractivity contribution in [1.29, 1.82) is 0 Å². The third kappa shape index (κ3) is 5.33. The molecule has 0 unspecified atom stereocenters. The van der Waals surface area contributed by atoms with Crippen LogP contribution in [0.15, 0.2) is 46.3 Å². The third-order valence-corrected chi connectivity index (χ3v) is 3.14. The predicted molar refractivity (Wildman–Crippen MR) is 94.6 cm³/mol. The van der Waals surface area contributed by atoms with E-state index >= 15 is 0 Å². The number of hydrogen-bond acceptors (Lipinski definition) is 5. The molecule has 24 heavy (non-hydrogen) atoms. The van der Waals surface area contributed by atoms with Crippen LogP contribution in [0.3, 0.4) is 0 Å². The number of amides is 1. The van der Waals surface area contributed by atoms with Crippen LogP contribution in [0.5, 0.6) is 5.75 Å². The number of benzene rings is 1. The molecule has 8 heteroatoms. The van der Waals surface area contributed by atoms with E-state index in [0.29, 0.717) is 5.69 Å². The van der Waals surface area contributed by atoms with Gasteiger partial charge >= 0.3 is 0 Å². The maximum atomic E-state index is 11.7. The number of methoxy groups -OCH3 is 1. The number of carbonyl (C=O) groups is 1. The Morgan fingerprint density at radius 2 is 2.17 bits per heavy atom. The molecule has 0 bridgehead atoms. The highest BCUT2D eigenvalue weighted by Gasteiger charge is 2.03. The van der Waals surface area contributed by atoms with Crippen molar-refractivity contribution in [3.8, 4) is 5.75 Å². The van der Waals surface area contributed by atoms with Crippen LogP contribution in [0, 0.1) is 4.77 Å². The minimum absolute atomic E-state index is 0.0267. The van der Waals surface area contributed by atoms with Crippen molar-refractivity contribution in [3.63, 3.8) is 0 Å². The van der Waals surface area contributed by atoms with Crippen LogP contribution < -0.4 is 15.7 Å². The first-order chi connectivity index (χ1) is 11.6. The smallest absolute Gasteiger partial charge is 0.251 e. The number of nitrogens with zero attached hydrogens (tertiary/aromatic N) is 1. The van der Waals surface area contributed by atoms with Crippen LogP contribution in [0.1, 0.15) is 11.3 Å². The number of para-hydroxylation sites is 1. The molecule has 0 radical (unpaired) electrons. The quantitative estimate of drug-likeness (QED) is 0.423. The van der Waals surface area contributed by atoms with Crippen molar-refractivity contribution in [3.05, 3.63) is 62.8 Å². The summed E-state index contributed by atoms with van der Waals surface area (Å²) in [6, 6.07) is 8.80. The Morgan fingerprint density at radius 1 is 1.38 bits per heavy atom. The van der Waals surface area contributed by atoms with Gasteiger partial charge in [-0.2, -0.15) is 5.10 Å². The standard InChI is InChI=1S/C16H16N4O3S/c1-23-13-7-3-2-5-11(13)6-4-8-17-20-15(22)10-12-9-14(21)19-16(24)18-12/h2-9H,10H2,1H3,(H,20,22)(H2,18,19,21,24)/b6-4+,17-8-. The lowest BCUT2D eigenvalue weighted by molar-refractivity contribution is -0.120. The molecule has 1 heterocycles. The van der Waals surface area contributed by atoms with E-state index in [1.807, 2.05) is 30.3 Å². The molecule has 0 aliphatic carbocycles. The summed E-state index contributed by atoms with van der Waals surface area (Å²) in [5, 5.41) is 3.80. The summed E-state index contributed by atoms with van der Waals surface area (Å²) in [7, 11) is 1.60. The first-order valence-electron chi connectivity index (χ1n) is 7.02. The lowest BCUT2D eigenvalue weighted by Crippen LogP contribution is -2.21. The minimum atomic E-state index is -0.367. The number of aromatic nitrogens is 2. The zero-order chi connectivity index (χ0) is 17.4. The highest BCUT2D eigenvalue weighted by atomic mass is 32.1. The number of allylic oxidation sites excluding steroid dienone is 1. The molecule has 1 aromatic carbocycles. The summed E-state index contributed by atoms with van der Waals surface area (Å²) in [6.45, 7) is 0. The Labute approximate surface area is 143 Å². The maximum Gasteiger partial charge on any atom is 0.251 e. The number of rotatable bonds is 6. The summed E-state index contributed by atoms with van der Waals surface area (Å²) in [5.74, 6) is 0.379. The fourth-order valence-corrected chi connectivity index (χ4v) is 2.16. The van der Waals surface area contributed by atoms with Crippen LogP contribution in [0.2, 0.25) is 0 Å². The number of H-pyrrole nitrogens is 2. The van der Waals surface area contributed by atoms with E-state index in [-0.39, 0.29) is 22.7 Å². The summed E-state index contributed by atoms with van der Waals surface area (Å²) in [6.07, 6.45) is 4.91. The Morgan fingerprint density at radius 3 is 2.92 bits per heavy atom. The summed E-state index contributed by atoms with van der Waals surface area (Å²) in [4.78, 5) is 28.1. The topological polar surface area (TPSA) is 99.3 Å². The number of carbonyl (C=O) groups excluding carboxylic acids is 1. The van der Waals surface area contributed by atoms with E-state index in [2.05, 4.69) is 20.5 Å². The second-order valence-corrected chi connectivity index (χ2v) is 5.11. The van der Waals surface area contributed by atoms with Gasteiger partial charge in [0.25, 0.3) is 5.56 Å². The van der Waals surface area contributed by atoms with Gasteiger partial charge in [-0.25, -0.2) is 5.43 Å². The van der Waals surface area contributed by atoms with Gasteiger partial charge in [0.2, 0.25) is 5.91 Å². The summed E-state index contributed by atoms with van der Waals surface area (Å²) in [5.41, 5.74) is 3.32. The molecule has 1 amide bonds. The molecule has 0 fully saturated rings. The van der Waals surface area contributed by atoms with Gasteiger partial charge in [0, 0.05) is 23.5 Å².